The van der Waals surface area contributed by atoms with Crippen LogP contribution in [0.25, 0.3) is 0 Å². The van der Waals surface area contributed by atoms with Crippen molar-refractivity contribution < 1.29 is 4.74 Å². The molecule has 1 N–H and O–H groups in total. The van der Waals surface area contributed by atoms with Gasteiger partial charge in [-0.2, -0.15) is 0 Å². The standard InChI is InChI=1S/C17H37NO/c1-8-10-17(7,14-18-16(4,5)6)11-13-19-12-9-15(2)3/h15,18H,8-14H2,1-7H3. The van der Waals surface area contributed by atoms with Gasteiger partial charge in [0.1, 0.15) is 0 Å². The summed E-state index contributed by atoms with van der Waals surface area (Å²) in [4.78, 5) is 0. The fourth-order valence-corrected chi connectivity index (χ4v) is 2.12. The average Bonchev–Trinajstić information content (AvgIpc) is 2.25. The Labute approximate surface area is 121 Å². The van der Waals surface area contributed by atoms with Crippen molar-refractivity contribution in [1.29, 1.82) is 0 Å². The van der Waals surface area contributed by atoms with E-state index in [0.29, 0.717) is 5.41 Å². The van der Waals surface area contributed by atoms with Crippen molar-refractivity contribution in [3.63, 3.8) is 0 Å². The summed E-state index contributed by atoms with van der Waals surface area (Å²) in [5.74, 6) is 0.740. The Morgan fingerprint density at radius 3 is 2.11 bits per heavy atom. The van der Waals surface area contributed by atoms with Crippen molar-refractivity contribution in [1.82, 2.24) is 5.32 Å². The summed E-state index contributed by atoms with van der Waals surface area (Å²) in [7, 11) is 0. The van der Waals surface area contributed by atoms with Gasteiger partial charge in [0.2, 0.25) is 0 Å². The largest absolute Gasteiger partial charge is 0.381 e. The Bertz CT molecular complexity index is 220. The quantitative estimate of drug-likeness (QED) is 0.585. The Kier molecular flexibility index (Phi) is 8.93. The Balaban J connectivity index is 4.01. The number of ether oxygens (including phenoxy) is 1. The molecule has 0 aromatic carbocycles. The van der Waals surface area contributed by atoms with Gasteiger partial charge in [-0.15, -0.1) is 0 Å². The van der Waals surface area contributed by atoms with E-state index in [9.17, 15) is 0 Å². The van der Waals surface area contributed by atoms with Gasteiger partial charge >= 0.3 is 0 Å². The first-order chi connectivity index (χ1) is 8.68. The van der Waals surface area contributed by atoms with Gasteiger partial charge < -0.3 is 10.1 Å². The summed E-state index contributed by atoms with van der Waals surface area (Å²) < 4.78 is 5.79. The third-order valence-electron chi connectivity index (χ3n) is 3.59. The molecule has 0 aliphatic carbocycles. The van der Waals surface area contributed by atoms with Crippen LogP contribution in [0.15, 0.2) is 0 Å². The van der Waals surface area contributed by atoms with E-state index < -0.39 is 0 Å². The topological polar surface area (TPSA) is 21.3 Å². The molecule has 0 bridgehead atoms. The summed E-state index contributed by atoms with van der Waals surface area (Å²) in [5.41, 5.74) is 0.563. The van der Waals surface area contributed by atoms with E-state index in [-0.39, 0.29) is 5.54 Å². The fourth-order valence-electron chi connectivity index (χ4n) is 2.12. The molecule has 0 fully saturated rings. The minimum atomic E-state index is 0.202. The third kappa shape index (κ3) is 11.4. The second-order valence-corrected chi connectivity index (χ2v) is 7.71. The van der Waals surface area contributed by atoms with Crippen LogP contribution in [0.3, 0.4) is 0 Å². The lowest BCUT2D eigenvalue weighted by molar-refractivity contribution is 0.0850. The number of hydrogen-bond acceptors (Lipinski definition) is 2. The van der Waals surface area contributed by atoms with Crippen LogP contribution in [0, 0.1) is 11.3 Å². The smallest absolute Gasteiger partial charge is 0.0471 e. The second-order valence-electron chi connectivity index (χ2n) is 7.71. The molecule has 116 valence electrons. The van der Waals surface area contributed by atoms with Crippen LogP contribution >= 0.6 is 0 Å². The van der Waals surface area contributed by atoms with Crippen LogP contribution in [0.2, 0.25) is 0 Å². The van der Waals surface area contributed by atoms with E-state index in [0.717, 1.165) is 32.1 Å². The van der Waals surface area contributed by atoms with Crippen LogP contribution in [0.1, 0.15) is 74.1 Å². The van der Waals surface area contributed by atoms with Crippen molar-refractivity contribution in [2.24, 2.45) is 11.3 Å². The van der Waals surface area contributed by atoms with E-state index >= 15 is 0 Å². The molecule has 0 saturated carbocycles. The molecular weight excluding hydrogens is 234 g/mol. The highest BCUT2D eigenvalue weighted by molar-refractivity contribution is 4.81. The van der Waals surface area contributed by atoms with Crippen LogP contribution in [0.5, 0.6) is 0 Å². The van der Waals surface area contributed by atoms with Gasteiger partial charge in [0, 0.05) is 25.3 Å². The predicted molar refractivity (Wildman–Crippen MR) is 85.7 cm³/mol. The van der Waals surface area contributed by atoms with E-state index in [1.807, 2.05) is 0 Å². The summed E-state index contributed by atoms with van der Waals surface area (Å²) >= 11 is 0. The van der Waals surface area contributed by atoms with Gasteiger partial charge in [-0.1, -0.05) is 34.1 Å². The SMILES string of the molecule is CCCC(C)(CCOCCC(C)C)CNC(C)(C)C. The third-order valence-corrected chi connectivity index (χ3v) is 3.59. The van der Waals surface area contributed by atoms with Crippen molar-refractivity contribution in [2.75, 3.05) is 19.8 Å². The van der Waals surface area contributed by atoms with Gasteiger partial charge in [0.15, 0.2) is 0 Å². The molecule has 0 aromatic heterocycles. The number of nitrogens with one attached hydrogen (secondary N) is 1. The van der Waals surface area contributed by atoms with Crippen LogP contribution < -0.4 is 5.32 Å². The Morgan fingerprint density at radius 1 is 1.00 bits per heavy atom. The molecule has 0 heterocycles. The average molecular weight is 271 g/mol. The first-order valence-electron chi connectivity index (χ1n) is 8.01. The van der Waals surface area contributed by atoms with E-state index in [1.54, 1.807) is 0 Å². The highest BCUT2D eigenvalue weighted by atomic mass is 16.5. The Morgan fingerprint density at radius 2 is 1.63 bits per heavy atom. The molecule has 0 aliphatic rings. The number of hydrogen-bond donors (Lipinski definition) is 1. The van der Waals surface area contributed by atoms with Gasteiger partial charge in [-0.05, 0) is 51.4 Å². The molecule has 1 atom stereocenters. The van der Waals surface area contributed by atoms with Gasteiger partial charge in [-0.3, -0.25) is 0 Å². The minimum Gasteiger partial charge on any atom is -0.381 e. The molecule has 0 saturated heterocycles. The molecule has 0 aliphatic heterocycles. The molecule has 0 aromatic rings. The summed E-state index contributed by atoms with van der Waals surface area (Å²) in [6.45, 7) is 18.8. The molecule has 1 unspecified atom stereocenters. The molecule has 0 spiro atoms. The van der Waals surface area contributed by atoms with E-state index in [2.05, 4.69) is 53.8 Å². The predicted octanol–water partition coefficient (Wildman–Crippen LogP) is 4.63. The number of rotatable bonds is 10. The fraction of sp³-hybridized carbons (Fsp3) is 1.00. The summed E-state index contributed by atoms with van der Waals surface area (Å²) in [6.07, 6.45) is 4.84. The lowest BCUT2D eigenvalue weighted by atomic mass is 9.82. The lowest BCUT2D eigenvalue weighted by Crippen LogP contribution is -2.43. The van der Waals surface area contributed by atoms with Crippen molar-refractivity contribution >= 4 is 0 Å². The molecule has 0 amide bonds. The molecular formula is C17H37NO. The van der Waals surface area contributed by atoms with Crippen LogP contribution in [-0.2, 0) is 4.74 Å². The Hall–Kier alpha value is -0.0800. The first kappa shape index (κ1) is 18.9. The van der Waals surface area contributed by atoms with Crippen molar-refractivity contribution in [3.05, 3.63) is 0 Å². The van der Waals surface area contributed by atoms with E-state index in [4.69, 9.17) is 4.74 Å². The highest BCUT2D eigenvalue weighted by Crippen LogP contribution is 2.27. The van der Waals surface area contributed by atoms with Crippen molar-refractivity contribution in [2.45, 2.75) is 79.7 Å². The molecule has 19 heavy (non-hydrogen) atoms. The summed E-state index contributed by atoms with van der Waals surface area (Å²) in [6, 6.07) is 0. The second kappa shape index (κ2) is 8.97. The molecule has 2 heteroatoms. The summed E-state index contributed by atoms with van der Waals surface area (Å²) in [5, 5.41) is 3.65. The zero-order chi connectivity index (χ0) is 14.9. The minimum absolute atomic E-state index is 0.202. The zero-order valence-corrected chi connectivity index (χ0v) is 14.4. The molecule has 2 nitrogen and oxygen atoms in total. The van der Waals surface area contributed by atoms with Gasteiger partial charge in [0.05, 0.1) is 0 Å². The van der Waals surface area contributed by atoms with Crippen molar-refractivity contribution in [3.8, 4) is 0 Å². The molecule has 0 radical (unpaired) electrons. The van der Waals surface area contributed by atoms with Gasteiger partial charge in [-0.25, -0.2) is 0 Å². The zero-order valence-electron chi connectivity index (χ0n) is 14.4. The van der Waals surface area contributed by atoms with Crippen LogP contribution in [0.4, 0.5) is 0 Å². The first-order valence-corrected chi connectivity index (χ1v) is 8.01. The monoisotopic (exact) mass is 271 g/mol. The lowest BCUT2D eigenvalue weighted by Gasteiger charge is -2.33. The maximum Gasteiger partial charge on any atom is 0.0471 e. The maximum absolute atomic E-state index is 5.79. The highest BCUT2D eigenvalue weighted by Gasteiger charge is 2.25. The van der Waals surface area contributed by atoms with Crippen LogP contribution in [-0.4, -0.2) is 25.3 Å². The van der Waals surface area contributed by atoms with Gasteiger partial charge in [0.25, 0.3) is 0 Å². The van der Waals surface area contributed by atoms with E-state index in [1.165, 1.54) is 19.3 Å². The molecule has 0 rings (SSSR count). The maximum atomic E-state index is 5.79. The normalized spacial score (nSPS) is 15.8.